The minimum atomic E-state index is -0.732. The van der Waals surface area contributed by atoms with Crippen LogP contribution in [0.4, 0.5) is 10.3 Å². The van der Waals surface area contributed by atoms with Crippen LogP contribution < -0.4 is 15.6 Å². The number of hydrogen-bond donors (Lipinski definition) is 1. The maximum absolute atomic E-state index is 14.7. The molecule has 1 aromatic carbocycles. The lowest BCUT2D eigenvalue weighted by molar-refractivity contribution is 0.226. The minimum absolute atomic E-state index is 0.181. The van der Waals surface area contributed by atoms with Crippen LogP contribution in [0.2, 0.25) is 0 Å². The molecular weight excluding hydrogens is 445 g/mol. The number of benzene rings is 1. The lowest BCUT2D eigenvalue weighted by atomic mass is 9.97. The van der Waals surface area contributed by atoms with Crippen molar-refractivity contribution in [2.75, 3.05) is 39.1 Å². The molecule has 7 nitrogen and oxygen atoms in total. The van der Waals surface area contributed by atoms with Crippen LogP contribution in [0, 0.1) is 17.2 Å². The summed E-state index contributed by atoms with van der Waals surface area (Å²) in [6.07, 6.45) is 4.52. The van der Waals surface area contributed by atoms with Crippen molar-refractivity contribution < 1.29 is 9.13 Å². The number of halogens is 1. The molecule has 1 aromatic heterocycles. The fraction of sp³-hybridized carbons (Fsp3) is 0.370. The monoisotopic (exact) mass is 477 g/mol. The van der Waals surface area contributed by atoms with Gasteiger partial charge in [-0.05, 0) is 81.2 Å². The molecule has 184 valence electrons. The third-order valence-electron chi connectivity index (χ3n) is 6.36. The quantitative estimate of drug-likeness (QED) is 0.444. The van der Waals surface area contributed by atoms with E-state index in [1.165, 1.54) is 10.6 Å². The number of ether oxygens (including phenoxy) is 1. The average Bonchev–Trinajstić information content (AvgIpc) is 2.86. The normalized spacial score (nSPS) is 15.8. The number of nitrogens with zero attached hydrogens (tertiary/aromatic N) is 4. The molecule has 0 bridgehead atoms. The van der Waals surface area contributed by atoms with E-state index in [2.05, 4.69) is 23.8 Å². The molecule has 0 unspecified atom stereocenters. The van der Waals surface area contributed by atoms with Gasteiger partial charge in [-0.3, -0.25) is 9.36 Å². The number of anilines is 1. The molecule has 1 fully saturated rings. The second kappa shape index (κ2) is 11.6. The van der Waals surface area contributed by atoms with Gasteiger partial charge in [0.1, 0.15) is 17.6 Å². The van der Waals surface area contributed by atoms with Gasteiger partial charge in [-0.1, -0.05) is 18.7 Å². The van der Waals surface area contributed by atoms with E-state index >= 15 is 0 Å². The van der Waals surface area contributed by atoms with Gasteiger partial charge in [-0.15, -0.1) is 0 Å². The Balaban J connectivity index is 2.09. The van der Waals surface area contributed by atoms with Gasteiger partial charge in [-0.25, -0.2) is 9.37 Å². The zero-order valence-corrected chi connectivity index (χ0v) is 20.8. The summed E-state index contributed by atoms with van der Waals surface area (Å²) in [7, 11) is 5.36. The molecule has 1 N–H and O–H groups in total. The van der Waals surface area contributed by atoms with Crippen LogP contribution in [0.15, 0.2) is 59.2 Å². The predicted molar refractivity (Wildman–Crippen MR) is 138 cm³/mol. The van der Waals surface area contributed by atoms with Gasteiger partial charge in [0.25, 0.3) is 5.56 Å². The molecule has 35 heavy (non-hydrogen) atoms. The number of nitriles is 1. The lowest BCUT2D eigenvalue weighted by Crippen LogP contribution is -2.34. The Morgan fingerprint density at radius 1 is 1.31 bits per heavy atom. The summed E-state index contributed by atoms with van der Waals surface area (Å²) in [4.78, 5) is 20.6. The van der Waals surface area contributed by atoms with Crippen molar-refractivity contribution in [3.05, 3.63) is 70.4 Å². The first kappa shape index (κ1) is 25.9. The van der Waals surface area contributed by atoms with Gasteiger partial charge < -0.3 is 15.0 Å². The Bertz CT molecular complexity index is 1230. The molecule has 0 spiro atoms. The van der Waals surface area contributed by atoms with Gasteiger partial charge in [0, 0.05) is 13.6 Å². The van der Waals surface area contributed by atoms with Crippen LogP contribution >= 0.6 is 0 Å². The van der Waals surface area contributed by atoms with E-state index in [0.29, 0.717) is 46.6 Å². The summed E-state index contributed by atoms with van der Waals surface area (Å²) >= 11 is 0. The Hall–Kier alpha value is -3.70. The van der Waals surface area contributed by atoms with E-state index in [1.807, 2.05) is 0 Å². The van der Waals surface area contributed by atoms with Crippen molar-refractivity contribution in [1.29, 1.82) is 5.26 Å². The van der Waals surface area contributed by atoms with Crippen molar-refractivity contribution >= 4 is 11.5 Å². The molecule has 3 rings (SSSR count). The van der Waals surface area contributed by atoms with Gasteiger partial charge in [0.05, 0.1) is 23.9 Å². The van der Waals surface area contributed by atoms with Crippen molar-refractivity contribution in [2.24, 2.45) is 13.0 Å². The number of methoxy groups -OCH3 is 1. The number of hydrogen-bond acceptors (Lipinski definition) is 6. The number of nitrogens with one attached hydrogen (secondary N) is 1. The van der Waals surface area contributed by atoms with Gasteiger partial charge in [0.15, 0.2) is 0 Å². The summed E-state index contributed by atoms with van der Waals surface area (Å²) in [5, 5.41) is 12.5. The molecule has 2 aromatic rings. The molecule has 1 aliphatic heterocycles. The van der Waals surface area contributed by atoms with E-state index in [0.717, 1.165) is 32.0 Å². The first-order valence-electron chi connectivity index (χ1n) is 11.6. The zero-order chi connectivity index (χ0) is 25.5. The molecule has 2 heterocycles. The predicted octanol–water partition coefficient (Wildman–Crippen LogP) is 4.55. The summed E-state index contributed by atoms with van der Waals surface area (Å²) in [6, 6.07) is 8.85. The molecule has 8 heteroatoms. The van der Waals surface area contributed by atoms with Crippen LogP contribution in [0.25, 0.3) is 16.7 Å². The third kappa shape index (κ3) is 6.06. The maximum Gasteiger partial charge on any atom is 0.263 e. The highest BCUT2D eigenvalue weighted by Gasteiger charge is 2.21. The molecule has 0 atom stereocenters. The number of aromatic nitrogens is 2. The number of rotatable bonds is 8. The van der Waals surface area contributed by atoms with E-state index in [-0.39, 0.29) is 11.1 Å². The Morgan fingerprint density at radius 3 is 2.54 bits per heavy atom. The molecule has 1 saturated heterocycles. The minimum Gasteiger partial charge on any atom is -0.497 e. The molecular formula is C27H32FN5O2. The highest BCUT2D eigenvalue weighted by Crippen LogP contribution is 2.29. The molecule has 0 saturated carbocycles. The van der Waals surface area contributed by atoms with Gasteiger partial charge >= 0.3 is 0 Å². The maximum atomic E-state index is 14.7. The van der Waals surface area contributed by atoms with Crippen molar-refractivity contribution in [2.45, 2.75) is 19.8 Å². The van der Waals surface area contributed by atoms with E-state index in [9.17, 15) is 9.18 Å². The first-order chi connectivity index (χ1) is 16.8. The zero-order valence-electron chi connectivity index (χ0n) is 20.8. The van der Waals surface area contributed by atoms with Crippen molar-refractivity contribution in [3.63, 3.8) is 0 Å². The smallest absolute Gasteiger partial charge is 0.263 e. The third-order valence-corrected chi connectivity index (χ3v) is 6.36. The van der Waals surface area contributed by atoms with E-state index in [1.54, 1.807) is 51.4 Å². The lowest BCUT2D eigenvalue weighted by Gasteiger charge is -2.29. The SMILES string of the molecule is C=C/C(C#N)=C(F)\C=C(/C)c1nc(NCC2CCN(C)CC2)n(C)c(=O)c1-c1ccc(OC)cc1. The topological polar surface area (TPSA) is 83.2 Å². The highest BCUT2D eigenvalue weighted by molar-refractivity contribution is 5.79. The van der Waals surface area contributed by atoms with Crippen LogP contribution in [0.5, 0.6) is 5.75 Å². The fourth-order valence-corrected chi connectivity index (χ4v) is 4.10. The Labute approximate surface area is 205 Å². The van der Waals surface area contributed by atoms with Crippen molar-refractivity contribution in [1.82, 2.24) is 14.5 Å². The molecule has 0 amide bonds. The summed E-state index contributed by atoms with van der Waals surface area (Å²) < 4.78 is 21.4. The average molecular weight is 478 g/mol. The second-order valence-electron chi connectivity index (χ2n) is 8.78. The van der Waals surface area contributed by atoms with Crippen LogP contribution in [-0.4, -0.2) is 48.2 Å². The van der Waals surface area contributed by atoms with Crippen LogP contribution in [0.3, 0.4) is 0 Å². The van der Waals surface area contributed by atoms with E-state index < -0.39 is 5.83 Å². The number of piperidine rings is 1. The summed E-state index contributed by atoms with van der Waals surface area (Å²) in [6.45, 7) is 7.93. The van der Waals surface area contributed by atoms with Gasteiger partial charge in [-0.2, -0.15) is 5.26 Å². The van der Waals surface area contributed by atoms with Crippen molar-refractivity contribution in [3.8, 4) is 22.9 Å². The highest BCUT2D eigenvalue weighted by atomic mass is 19.1. The van der Waals surface area contributed by atoms with Gasteiger partial charge in [0.2, 0.25) is 5.95 Å². The molecule has 1 aliphatic rings. The Morgan fingerprint density at radius 2 is 1.97 bits per heavy atom. The Kier molecular flexibility index (Phi) is 8.61. The largest absolute Gasteiger partial charge is 0.497 e. The number of allylic oxidation sites excluding steroid dienone is 5. The number of likely N-dealkylation sites (tertiary alicyclic amines) is 1. The first-order valence-corrected chi connectivity index (χ1v) is 11.6. The van der Waals surface area contributed by atoms with E-state index in [4.69, 9.17) is 15.0 Å². The van der Waals surface area contributed by atoms with Crippen LogP contribution in [-0.2, 0) is 7.05 Å². The van der Waals surface area contributed by atoms with Crippen LogP contribution in [0.1, 0.15) is 25.5 Å². The summed E-state index contributed by atoms with van der Waals surface area (Å²) in [5.41, 5.74) is 1.31. The fourth-order valence-electron chi connectivity index (χ4n) is 4.10. The molecule has 0 aliphatic carbocycles. The second-order valence-corrected chi connectivity index (χ2v) is 8.78. The standard InChI is InChI=1S/C27H32FN5O2/c1-6-20(16-29)23(28)15-18(2)25-24(21-7-9-22(35-5)10-8-21)26(34)33(4)27(31-25)30-17-19-11-13-32(3)14-12-19/h6-10,15,19H,1,11-14,17H2,2-5H3,(H,30,31)/b18-15+,23-20-. The summed E-state index contributed by atoms with van der Waals surface area (Å²) in [5.74, 6) is 0.824. The molecule has 0 radical (unpaired) electrons.